The highest BCUT2D eigenvalue weighted by Crippen LogP contribution is 2.23. The van der Waals surface area contributed by atoms with Crippen LogP contribution in [0.1, 0.15) is 55.8 Å². The number of carboxylic acids is 1. The number of aromatic carboxylic acids is 1. The highest BCUT2D eigenvalue weighted by Gasteiger charge is 2.19. The van der Waals surface area contributed by atoms with Crippen molar-refractivity contribution < 1.29 is 18.3 Å². The third kappa shape index (κ3) is 6.19. The SMILES string of the molecule is CCCCCCCCNc1ccc(C(=O)O)cc1S(=O)(=O)NC. The highest BCUT2D eigenvalue weighted by molar-refractivity contribution is 7.89. The summed E-state index contributed by atoms with van der Waals surface area (Å²) in [6.07, 6.45) is 6.89. The van der Waals surface area contributed by atoms with Gasteiger partial charge in [-0.2, -0.15) is 0 Å². The minimum Gasteiger partial charge on any atom is -0.478 e. The number of unbranched alkanes of at least 4 members (excludes halogenated alkanes) is 5. The molecule has 3 N–H and O–H groups in total. The van der Waals surface area contributed by atoms with Crippen LogP contribution in [-0.2, 0) is 10.0 Å². The lowest BCUT2D eigenvalue weighted by Crippen LogP contribution is -2.21. The van der Waals surface area contributed by atoms with Gasteiger partial charge in [0.15, 0.2) is 0 Å². The Labute approximate surface area is 138 Å². The number of sulfonamides is 1. The summed E-state index contributed by atoms with van der Waals surface area (Å²) in [4.78, 5) is 11.0. The van der Waals surface area contributed by atoms with E-state index in [0.717, 1.165) is 12.8 Å². The van der Waals surface area contributed by atoms with Crippen molar-refractivity contribution in [1.82, 2.24) is 4.72 Å². The molecule has 130 valence electrons. The van der Waals surface area contributed by atoms with Crippen LogP contribution in [0.5, 0.6) is 0 Å². The number of carboxylic acid groups (broad SMARTS) is 1. The molecule has 6 nitrogen and oxygen atoms in total. The monoisotopic (exact) mass is 342 g/mol. The molecule has 0 heterocycles. The van der Waals surface area contributed by atoms with Crippen molar-refractivity contribution in [2.24, 2.45) is 0 Å². The lowest BCUT2D eigenvalue weighted by Gasteiger charge is -2.13. The van der Waals surface area contributed by atoms with E-state index in [1.165, 1.54) is 50.9 Å². The minimum absolute atomic E-state index is 0.0362. The fourth-order valence-corrected chi connectivity index (χ4v) is 3.19. The van der Waals surface area contributed by atoms with Crippen molar-refractivity contribution in [3.63, 3.8) is 0 Å². The minimum atomic E-state index is -3.72. The van der Waals surface area contributed by atoms with Crippen LogP contribution in [0.3, 0.4) is 0 Å². The summed E-state index contributed by atoms with van der Waals surface area (Å²) in [5, 5.41) is 12.1. The summed E-state index contributed by atoms with van der Waals surface area (Å²) in [7, 11) is -2.41. The maximum Gasteiger partial charge on any atom is 0.335 e. The Morgan fingerprint density at radius 3 is 2.39 bits per heavy atom. The van der Waals surface area contributed by atoms with Crippen molar-refractivity contribution in [2.45, 2.75) is 50.3 Å². The third-order valence-electron chi connectivity index (χ3n) is 3.63. The highest BCUT2D eigenvalue weighted by atomic mass is 32.2. The molecule has 0 atom stereocenters. The average molecular weight is 342 g/mol. The van der Waals surface area contributed by atoms with Crippen molar-refractivity contribution in [3.8, 4) is 0 Å². The van der Waals surface area contributed by atoms with E-state index >= 15 is 0 Å². The van der Waals surface area contributed by atoms with Crippen LogP contribution in [0, 0.1) is 0 Å². The first-order chi connectivity index (χ1) is 10.9. The molecule has 23 heavy (non-hydrogen) atoms. The molecule has 0 aliphatic heterocycles. The Hall–Kier alpha value is -1.60. The lowest BCUT2D eigenvalue weighted by atomic mass is 10.1. The summed E-state index contributed by atoms with van der Waals surface area (Å²) in [5.74, 6) is -1.15. The first-order valence-corrected chi connectivity index (χ1v) is 9.45. The van der Waals surface area contributed by atoms with Crippen molar-refractivity contribution >= 4 is 21.7 Å². The Bertz CT molecular complexity index is 615. The molecule has 0 aliphatic carbocycles. The normalized spacial score (nSPS) is 11.4. The van der Waals surface area contributed by atoms with Crippen LogP contribution < -0.4 is 10.0 Å². The number of nitrogens with one attached hydrogen (secondary N) is 2. The molecule has 7 heteroatoms. The molecule has 1 aromatic carbocycles. The summed E-state index contributed by atoms with van der Waals surface area (Å²) in [5.41, 5.74) is 0.377. The zero-order valence-corrected chi connectivity index (χ0v) is 14.6. The number of benzene rings is 1. The lowest BCUT2D eigenvalue weighted by molar-refractivity contribution is 0.0696. The smallest absolute Gasteiger partial charge is 0.335 e. The molecule has 1 aromatic rings. The van der Waals surface area contributed by atoms with Crippen LogP contribution in [0.2, 0.25) is 0 Å². The van der Waals surface area contributed by atoms with Gasteiger partial charge in [-0.1, -0.05) is 39.0 Å². The zero-order valence-electron chi connectivity index (χ0n) is 13.8. The van der Waals surface area contributed by atoms with Crippen LogP contribution in [-0.4, -0.2) is 33.1 Å². The Morgan fingerprint density at radius 2 is 1.78 bits per heavy atom. The van der Waals surface area contributed by atoms with Gasteiger partial charge >= 0.3 is 5.97 Å². The van der Waals surface area contributed by atoms with Gasteiger partial charge < -0.3 is 10.4 Å². The molecular formula is C16H26N2O4S. The maximum atomic E-state index is 12.1. The van der Waals surface area contributed by atoms with Crippen molar-refractivity contribution in [3.05, 3.63) is 23.8 Å². The fraction of sp³-hybridized carbons (Fsp3) is 0.562. The second-order valence-electron chi connectivity index (χ2n) is 5.42. The molecule has 0 bridgehead atoms. The van der Waals surface area contributed by atoms with Gasteiger partial charge in [0, 0.05) is 6.54 Å². The summed E-state index contributed by atoms with van der Waals surface area (Å²) >= 11 is 0. The molecule has 0 unspecified atom stereocenters. The van der Waals surface area contributed by atoms with Gasteiger partial charge in [0.2, 0.25) is 10.0 Å². The molecule has 0 saturated carbocycles. The molecule has 0 aromatic heterocycles. The van der Waals surface area contributed by atoms with E-state index in [2.05, 4.69) is 17.0 Å². The van der Waals surface area contributed by atoms with E-state index in [9.17, 15) is 13.2 Å². The molecule has 0 spiro atoms. The van der Waals surface area contributed by atoms with Gasteiger partial charge in [-0.25, -0.2) is 17.9 Å². The topological polar surface area (TPSA) is 95.5 Å². The molecule has 0 radical (unpaired) electrons. The van der Waals surface area contributed by atoms with Gasteiger partial charge in [0.1, 0.15) is 4.90 Å². The molecular weight excluding hydrogens is 316 g/mol. The predicted octanol–water partition coefficient (Wildman–Crippen LogP) is 3.07. The van der Waals surface area contributed by atoms with Crippen molar-refractivity contribution in [1.29, 1.82) is 0 Å². The number of hydrogen-bond acceptors (Lipinski definition) is 4. The van der Waals surface area contributed by atoms with Crippen LogP contribution >= 0.6 is 0 Å². The average Bonchev–Trinajstić information content (AvgIpc) is 2.53. The first kappa shape index (κ1) is 19.4. The van der Waals surface area contributed by atoms with Gasteiger partial charge in [-0.15, -0.1) is 0 Å². The summed E-state index contributed by atoms with van der Waals surface area (Å²) in [6.45, 7) is 2.83. The van der Waals surface area contributed by atoms with Crippen LogP contribution in [0.15, 0.2) is 23.1 Å². The van der Waals surface area contributed by atoms with E-state index < -0.39 is 16.0 Å². The van der Waals surface area contributed by atoms with Gasteiger partial charge in [-0.05, 0) is 31.7 Å². The molecule has 0 aliphatic rings. The number of hydrogen-bond donors (Lipinski definition) is 3. The van der Waals surface area contributed by atoms with Crippen molar-refractivity contribution in [2.75, 3.05) is 18.9 Å². The van der Waals surface area contributed by atoms with E-state index in [1.54, 1.807) is 0 Å². The van der Waals surface area contributed by atoms with Gasteiger partial charge in [0.05, 0.1) is 11.3 Å². The third-order valence-corrected chi connectivity index (χ3v) is 5.09. The largest absolute Gasteiger partial charge is 0.478 e. The molecule has 1 rings (SSSR count). The van der Waals surface area contributed by atoms with Gasteiger partial charge in [-0.3, -0.25) is 0 Å². The second-order valence-corrected chi connectivity index (χ2v) is 7.27. The van der Waals surface area contributed by atoms with Gasteiger partial charge in [0.25, 0.3) is 0 Å². The molecule has 0 saturated heterocycles. The standard InChI is InChI=1S/C16H26N2O4S/c1-3-4-5-6-7-8-11-18-14-10-9-13(16(19)20)12-15(14)23(21,22)17-2/h9-10,12,17-18H,3-8,11H2,1-2H3,(H,19,20). The number of rotatable bonds is 11. The van der Waals surface area contributed by atoms with E-state index in [4.69, 9.17) is 5.11 Å². The van der Waals surface area contributed by atoms with E-state index in [-0.39, 0.29) is 10.5 Å². The summed E-state index contributed by atoms with van der Waals surface area (Å²) in [6, 6.07) is 4.09. The second kappa shape index (κ2) is 9.52. The number of anilines is 1. The van der Waals surface area contributed by atoms with E-state index in [1.807, 2.05) is 0 Å². The maximum absolute atomic E-state index is 12.1. The first-order valence-electron chi connectivity index (χ1n) is 7.97. The summed E-state index contributed by atoms with van der Waals surface area (Å²) < 4.78 is 26.3. The predicted molar refractivity (Wildman–Crippen MR) is 91.5 cm³/mol. The Balaban J connectivity index is 2.72. The zero-order chi connectivity index (χ0) is 17.3. The Kier molecular flexibility index (Phi) is 8.05. The van der Waals surface area contributed by atoms with Crippen LogP contribution in [0.4, 0.5) is 5.69 Å². The molecule has 0 amide bonds. The molecule has 0 fully saturated rings. The quantitative estimate of drug-likeness (QED) is 0.537. The Morgan fingerprint density at radius 1 is 1.13 bits per heavy atom. The fourth-order valence-electron chi connectivity index (χ4n) is 2.26. The van der Waals surface area contributed by atoms with Crippen LogP contribution in [0.25, 0.3) is 0 Å². The van der Waals surface area contributed by atoms with E-state index in [0.29, 0.717) is 12.2 Å². The number of carbonyl (C=O) groups is 1.